The van der Waals surface area contributed by atoms with Crippen LogP contribution in [-0.4, -0.2) is 43.5 Å². The van der Waals surface area contributed by atoms with E-state index in [-0.39, 0.29) is 11.8 Å². The first kappa shape index (κ1) is 14.8. The largest absolute Gasteiger partial charge is 0.356 e. The molecule has 0 bridgehead atoms. The molecule has 2 rings (SSSR count). The number of nitrogens with zero attached hydrogens (tertiary/aromatic N) is 1. The molecule has 0 aromatic carbocycles. The zero-order valence-electron chi connectivity index (χ0n) is 12.2. The van der Waals surface area contributed by atoms with Crippen LogP contribution in [0.4, 0.5) is 0 Å². The molecule has 4 nitrogen and oxygen atoms in total. The molecule has 0 aromatic rings. The molecular formula is C15H29N3O. The van der Waals surface area contributed by atoms with Gasteiger partial charge in [-0.2, -0.15) is 0 Å². The highest BCUT2D eigenvalue weighted by Crippen LogP contribution is 2.23. The second-order valence-corrected chi connectivity index (χ2v) is 6.46. The van der Waals surface area contributed by atoms with Gasteiger partial charge in [0.2, 0.25) is 5.91 Å². The maximum atomic E-state index is 12.0. The van der Waals surface area contributed by atoms with Gasteiger partial charge in [0.25, 0.3) is 0 Å². The van der Waals surface area contributed by atoms with Crippen LogP contribution in [0.15, 0.2) is 0 Å². The number of amides is 1. The van der Waals surface area contributed by atoms with Crippen molar-refractivity contribution in [1.82, 2.24) is 10.2 Å². The Kier molecular flexibility index (Phi) is 5.64. The van der Waals surface area contributed by atoms with Gasteiger partial charge in [-0.05, 0) is 64.5 Å². The molecule has 4 heteroatoms. The van der Waals surface area contributed by atoms with Crippen LogP contribution in [0.5, 0.6) is 0 Å². The fraction of sp³-hybridized carbons (Fsp3) is 0.933. The van der Waals surface area contributed by atoms with Crippen molar-refractivity contribution in [3.63, 3.8) is 0 Å². The standard InChI is InChI=1S/C15H29N3O/c1-18-10-2-3-12(11-18)8-9-17-15(19)13-4-6-14(16)7-5-13/h12-14H,2-11,16H2,1H3,(H,17,19). The number of hydrogen-bond acceptors (Lipinski definition) is 3. The molecule has 1 unspecified atom stereocenters. The van der Waals surface area contributed by atoms with Crippen LogP contribution in [0.25, 0.3) is 0 Å². The van der Waals surface area contributed by atoms with Gasteiger partial charge in [-0.1, -0.05) is 0 Å². The number of likely N-dealkylation sites (tertiary alicyclic amines) is 1. The summed E-state index contributed by atoms with van der Waals surface area (Å²) in [5.74, 6) is 1.24. The molecule has 1 heterocycles. The molecule has 1 atom stereocenters. The zero-order chi connectivity index (χ0) is 13.7. The highest BCUT2D eigenvalue weighted by molar-refractivity contribution is 5.78. The first-order chi connectivity index (χ1) is 9.15. The van der Waals surface area contributed by atoms with Gasteiger partial charge in [0.15, 0.2) is 0 Å². The van der Waals surface area contributed by atoms with E-state index in [1.165, 1.54) is 25.9 Å². The summed E-state index contributed by atoms with van der Waals surface area (Å²) in [5.41, 5.74) is 5.87. The summed E-state index contributed by atoms with van der Waals surface area (Å²) in [6.07, 6.45) is 7.70. The van der Waals surface area contributed by atoms with Gasteiger partial charge in [-0.15, -0.1) is 0 Å². The van der Waals surface area contributed by atoms with E-state index in [4.69, 9.17) is 5.73 Å². The fourth-order valence-electron chi connectivity index (χ4n) is 3.43. The monoisotopic (exact) mass is 267 g/mol. The van der Waals surface area contributed by atoms with Gasteiger partial charge in [-0.25, -0.2) is 0 Å². The lowest BCUT2D eigenvalue weighted by molar-refractivity contribution is -0.126. The lowest BCUT2D eigenvalue weighted by atomic mass is 9.86. The van der Waals surface area contributed by atoms with E-state index in [1.807, 2.05) is 0 Å². The number of nitrogens with two attached hydrogens (primary N) is 1. The summed E-state index contributed by atoms with van der Waals surface area (Å²) in [6, 6.07) is 0.321. The van der Waals surface area contributed by atoms with Crippen molar-refractivity contribution in [1.29, 1.82) is 0 Å². The maximum absolute atomic E-state index is 12.0. The van der Waals surface area contributed by atoms with Crippen molar-refractivity contribution < 1.29 is 4.79 Å². The number of piperidine rings is 1. The molecule has 1 aliphatic heterocycles. The molecule has 2 aliphatic rings. The van der Waals surface area contributed by atoms with Crippen LogP contribution in [0, 0.1) is 11.8 Å². The Labute approximate surface area is 117 Å². The summed E-state index contributed by atoms with van der Waals surface area (Å²) in [7, 11) is 2.19. The second kappa shape index (κ2) is 7.25. The van der Waals surface area contributed by atoms with Gasteiger partial charge in [0, 0.05) is 25.0 Å². The van der Waals surface area contributed by atoms with Crippen LogP contribution in [0.3, 0.4) is 0 Å². The minimum atomic E-state index is 0.217. The SMILES string of the molecule is CN1CCCC(CCNC(=O)C2CCC(N)CC2)C1. The molecule has 1 amide bonds. The number of hydrogen-bond donors (Lipinski definition) is 2. The lowest BCUT2D eigenvalue weighted by Crippen LogP contribution is -2.38. The van der Waals surface area contributed by atoms with E-state index in [0.717, 1.165) is 44.6 Å². The van der Waals surface area contributed by atoms with Gasteiger partial charge in [0.1, 0.15) is 0 Å². The molecule has 1 saturated carbocycles. The predicted molar refractivity (Wildman–Crippen MR) is 77.8 cm³/mol. The highest BCUT2D eigenvalue weighted by Gasteiger charge is 2.24. The molecular weight excluding hydrogens is 238 g/mol. The third-order valence-electron chi connectivity index (χ3n) is 4.72. The van der Waals surface area contributed by atoms with E-state index in [2.05, 4.69) is 17.3 Å². The summed E-state index contributed by atoms with van der Waals surface area (Å²) in [4.78, 5) is 14.4. The minimum Gasteiger partial charge on any atom is -0.356 e. The summed E-state index contributed by atoms with van der Waals surface area (Å²) >= 11 is 0. The van der Waals surface area contributed by atoms with E-state index < -0.39 is 0 Å². The predicted octanol–water partition coefficient (Wildman–Crippen LogP) is 1.35. The molecule has 110 valence electrons. The summed E-state index contributed by atoms with van der Waals surface area (Å²) in [6.45, 7) is 3.26. The Morgan fingerprint density at radius 1 is 1.26 bits per heavy atom. The Morgan fingerprint density at radius 3 is 2.68 bits per heavy atom. The number of carbonyl (C=O) groups excluding carboxylic acids is 1. The molecule has 3 N–H and O–H groups in total. The van der Waals surface area contributed by atoms with Gasteiger partial charge >= 0.3 is 0 Å². The van der Waals surface area contributed by atoms with E-state index in [1.54, 1.807) is 0 Å². The molecule has 2 fully saturated rings. The fourth-order valence-corrected chi connectivity index (χ4v) is 3.43. The Morgan fingerprint density at radius 2 is 2.00 bits per heavy atom. The van der Waals surface area contributed by atoms with Crippen molar-refractivity contribution in [2.24, 2.45) is 17.6 Å². The Bertz CT molecular complexity index is 287. The molecule has 1 saturated heterocycles. The van der Waals surface area contributed by atoms with Crippen molar-refractivity contribution in [2.75, 3.05) is 26.7 Å². The number of rotatable bonds is 4. The number of carbonyl (C=O) groups is 1. The third kappa shape index (κ3) is 4.77. The van der Waals surface area contributed by atoms with Crippen LogP contribution < -0.4 is 11.1 Å². The first-order valence-corrected chi connectivity index (χ1v) is 7.87. The molecule has 0 aromatic heterocycles. The second-order valence-electron chi connectivity index (χ2n) is 6.46. The van der Waals surface area contributed by atoms with Gasteiger partial charge < -0.3 is 16.0 Å². The van der Waals surface area contributed by atoms with Crippen molar-refractivity contribution >= 4 is 5.91 Å². The Balaban J connectivity index is 1.61. The van der Waals surface area contributed by atoms with E-state index in [9.17, 15) is 4.79 Å². The van der Waals surface area contributed by atoms with Crippen LogP contribution in [0.2, 0.25) is 0 Å². The highest BCUT2D eigenvalue weighted by atomic mass is 16.1. The van der Waals surface area contributed by atoms with Crippen molar-refractivity contribution in [2.45, 2.75) is 51.0 Å². The molecule has 19 heavy (non-hydrogen) atoms. The minimum absolute atomic E-state index is 0.217. The Hall–Kier alpha value is -0.610. The van der Waals surface area contributed by atoms with Gasteiger partial charge in [-0.3, -0.25) is 4.79 Å². The zero-order valence-corrected chi connectivity index (χ0v) is 12.2. The number of nitrogens with one attached hydrogen (secondary N) is 1. The maximum Gasteiger partial charge on any atom is 0.223 e. The quantitative estimate of drug-likeness (QED) is 0.808. The smallest absolute Gasteiger partial charge is 0.223 e. The molecule has 0 spiro atoms. The van der Waals surface area contributed by atoms with Crippen molar-refractivity contribution in [3.05, 3.63) is 0 Å². The van der Waals surface area contributed by atoms with Crippen molar-refractivity contribution in [3.8, 4) is 0 Å². The first-order valence-electron chi connectivity index (χ1n) is 7.87. The van der Waals surface area contributed by atoms with E-state index in [0.29, 0.717) is 6.04 Å². The normalized spacial score (nSPS) is 33.1. The van der Waals surface area contributed by atoms with E-state index >= 15 is 0 Å². The van der Waals surface area contributed by atoms with Crippen LogP contribution in [-0.2, 0) is 4.79 Å². The topological polar surface area (TPSA) is 58.4 Å². The summed E-state index contributed by atoms with van der Waals surface area (Å²) < 4.78 is 0. The summed E-state index contributed by atoms with van der Waals surface area (Å²) in [5, 5.41) is 3.13. The third-order valence-corrected chi connectivity index (χ3v) is 4.72. The average molecular weight is 267 g/mol. The molecule has 0 radical (unpaired) electrons. The lowest BCUT2D eigenvalue weighted by Gasteiger charge is -2.30. The van der Waals surface area contributed by atoms with Crippen LogP contribution in [0.1, 0.15) is 44.9 Å². The van der Waals surface area contributed by atoms with Gasteiger partial charge in [0.05, 0.1) is 0 Å². The molecule has 1 aliphatic carbocycles. The average Bonchev–Trinajstić information content (AvgIpc) is 2.39. The van der Waals surface area contributed by atoms with Crippen LogP contribution >= 0.6 is 0 Å².